The molecule has 2 rings (SSSR count). The molecule has 2 N–H and O–H groups in total. The molecule has 126 valence electrons. The Kier molecular flexibility index (Phi) is 6.02. The lowest BCUT2D eigenvalue weighted by molar-refractivity contribution is -0.139. The number of piperidine rings is 1. The van der Waals surface area contributed by atoms with E-state index >= 15 is 0 Å². The monoisotopic (exact) mass is 323 g/mol. The van der Waals surface area contributed by atoms with E-state index in [0.717, 1.165) is 12.8 Å². The van der Waals surface area contributed by atoms with Crippen molar-refractivity contribution >= 4 is 17.9 Å². The maximum atomic E-state index is 11.7. The van der Waals surface area contributed by atoms with Gasteiger partial charge in [0.25, 0.3) is 0 Å². The largest absolute Gasteiger partial charge is 0.467 e. The number of likely N-dealkylation sites (tertiary alicyclic amines) is 1. The van der Waals surface area contributed by atoms with Gasteiger partial charge in [0.2, 0.25) is 0 Å². The minimum absolute atomic E-state index is 0.177. The van der Waals surface area contributed by atoms with Crippen molar-refractivity contribution in [3.05, 3.63) is 24.2 Å². The highest BCUT2D eigenvalue weighted by atomic mass is 16.5. The summed E-state index contributed by atoms with van der Waals surface area (Å²) in [5.41, 5.74) is 0. The maximum absolute atomic E-state index is 11.7. The van der Waals surface area contributed by atoms with Gasteiger partial charge in [-0.05, 0) is 30.9 Å². The molecule has 1 fully saturated rings. The van der Waals surface area contributed by atoms with Crippen LogP contribution >= 0.6 is 0 Å². The number of rotatable bonds is 4. The Hall–Kier alpha value is -2.51. The minimum atomic E-state index is -0.687. The first-order valence-electron chi connectivity index (χ1n) is 7.51. The Balaban J connectivity index is 1.64. The van der Waals surface area contributed by atoms with Crippen LogP contribution in [0.25, 0.3) is 0 Å². The second-order valence-corrected chi connectivity index (χ2v) is 5.37. The summed E-state index contributed by atoms with van der Waals surface area (Å²) in [5, 5.41) is 5.11. The molecule has 1 aliphatic rings. The zero-order valence-corrected chi connectivity index (χ0v) is 13.0. The molecule has 3 amide bonds. The van der Waals surface area contributed by atoms with Gasteiger partial charge in [0, 0.05) is 19.6 Å². The van der Waals surface area contributed by atoms with E-state index < -0.39 is 11.8 Å². The van der Waals surface area contributed by atoms with Crippen LogP contribution in [0.15, 0.2) is 22.8 Å². The van der Waals surface area contributed by atoms with E-state index in [1.807, 2.05) is 0 Å². The molecule has 1 aromatic rings. The summed E-state index contributed by atoms with van der Waals surface area (Å²) >= 11 is 0. The summed E-state index contributed by atoms with van der Waals surface area (Å²) in [6.45, 7) is 1.79. The summed E-state index contributed by atoms with van der Waals surface area (Å²) in [6, 6.07) is 3.43. The van der Waals surface area contributed by atoms with E-state index in [0.29, 0.717) is 25.4 Å². The summed E-state index contributed by atoms with van der Waals surface area (Å²) in [7, 11) is 1.36. The topological polar surface area (TPSA) is 101 Å². The molecule has 0 atom stereocenters. The summed E-state index contributed by atoms with van der Waals surface area (Å²) in [4.78, 5) is 36.4. The van der Waals surface area contributed by atoms with Crippen molar-refractivity contribution < 1.29 is 23.5 Å². The number of methoxy groups -OCH3 is 1. The van der Waals surface area contributed by atoms with Gasteiger partial charge in [-0.2, -0.15) is 0 Å². The van der Waals surface area contributed by atoms with Crippen LogP contribution in [-0.4, -0.2) is 49.6 Å². The van der Waals surface area contributed by atoms with Gasteiger partial charge in [0.15, 0.2) is 0 Å². The van der Waals surface area contributed by atoms with E-state index in [1.165, 1.54) is 13.4 Å². The van der Waals surface area contributed by atoms with Crippen LogP contribution in [0.1, 0.15) is 18.6 Å². The molecule has 8 nitrogen and oxygen atoms in total. The summed E-state index contributed by atoms with van der Waals surface area (Å²) in [5.74, 6) is -0.514. The third kappa shape index (κ3) is 5.01. The average Bonchev–Trinajstić information content (AvgIpc) is 3.10. The zero-order valence-electron chi connectivity index (χ0n) is 13.0. The van der Waals surface area contributed by atoms with Crippen LogP contribution in [0.5, 0.6) is 0 Å². The fourth-order valence-electron chi connectivity index (χ4n) is 2.43. The summed E-state index contributed by atoms with van der Waals surface area (Å²) < 4.78 is 9.74. The van der Waals surface area contributed by atoms with Gasteiger partial charge in [0.05, 0.1) is 19.9 Å². The van der Waals surface area contributed by atoms with Crippen LogP contribution in [0, 0.1) is 5.92 Å². The van der Waals surface area contributed by atoms with Gasteiger partial charge >= 0.3 is 17.9 Å². The molecule has 0 unspecified atom stereocenters. The Labute approximate surface area is 134 Å². The number of nitrogens with one attached hydrogen (secondary N) is 2. The number of furan rings is 1. The average molecular weight is 323 g/mol. The number of ether oxygens (including phenoxy) is 1. The Bertz CT molecular complexity index is 535. The van der Waals surface area contributed by atoms with Crippen molar-refractivity contribution in [1.29, 1.82) is 0 Å². The van der Waals surface area contributed by atoms with E-state index in [-0.39, 0.29) is 18.6 Å². The molecule has 1 saturated heterocycles. The fraction of sp³-hybridized carbons (Fsp3) is 0.533. The molecule has 1 aliphatic heterocycles. The van der Waals surface area contributed by atoms with Crippen LogP contribution in [0.4, 0.5) is 4.79 Å². The molecule has 1 aromatic heterocycles. The fourth-order valence-corrected chi connectivity index (χ4v) is 2.43. The first-order valence-corrected chi connectivity index (χ1v) is 7.51. The molecular weight excluding hydrogens is 302 g/mol. The molecule has 2 heterocycles. The molecule has 0 radical (unpaired) electrons. The minimum Gasteiger partial charge on any atom is -0.467 e. The van der Waals surface area contributed by atoms with Crippen LogP contribution in [0.2, 0.25) is 0 Å². The quantitative estimate of drug-likeness (QED) is 0.785. The Morgan fingerprint density at radius 3 is 2.57 bits per heavy atom. The van der Waals surface area contributed by atoms with E-state index in [1.54, 1.807) is 17.0 Å². The maximum Gasteiger partial charge on any atom is 0.409 e. The first kappa shape index (κ1) is 16.9. The molecule has 0 spiro atoms. The van der Waals surface area contributed by atoms with E-state index in [9.17, 15) is 14.4 Å². The standard InChI is InChI=1S/C15H21N3O5/c1-22-15(21)18-6-4-11(5-7-18)9-16-13(19)14(20)17-10-12-3-2-8-23-12/h2-3,8,11H,4-7,9-10H2,1H3,(H,16,19)(H,17,20). The lowest BCUT2D eigenvalue weighted by Crippen LogP contribution is -2.44. The first-order chi connectivity index (χ1) is 11.1. The summed E-state index contributed by atoms with van der Waals surface area (Å²) in [6.07, 6.45) is 2.71. The van der Waals surface area contributed by atoms with Crippen molar-refractivity contribution in [1.82, 2.24) is 15.5 Å². The number of hydrogen-bond donors (Lipinski definition) is 2. The third-order valence-electron chi connectivity index (χ3n) is 3.81. The molecular formula is C15H21N3O5. The third-order valence-corrected chi connectivity index (χ3v) is 3.81. The normalized spacial score (nSPS) is 15.1. The Morgan fingerprint density at radius 1 is 1.26 bits per heavy atom. The number of nitrogens with zero attached hydrogens (tertiary/aromatic N) is 1. The highest BCUT2D eigenvalue weighted by molar-refractivity contribution is 6.35. The molecule has 0 bridgehead atoms. The predicted octanol–water partition coefficient (Wildman–Crippen LogP) is 0.490. The van der Waals surface area contributed by atoms with Gasteiger partial charge < -0.3 is 24.7 Å². The van der Waals surface area contributed by atoms with E-state index in [4.69, 9.17) is 4.42 Å². The van der Waals surface area contributed by atoms with Crippen molar-refractivity contribution in [3.8, 4) is 0 Å². The number of carbonyl (C=O) groups excluding carboxylic acids is 3. The van der Waals surface area contributed by atoms with Gasteiger partial charge in [-0.15, -0.1) is 0 Å². The van der Waals surface area contributed by atoms with Crippen LogP contribution in [-0.2, 0) is 20.9 Å². The highest BCUT2D eigenvalue weighted by Gasteiger charge is 2.24. The lowest BCUT2D eigenvalue weighted by atomic mass is 9.97. The van der Waals surface area contributed by atoms with Gasteiger partial charge in [0.1, 0.15) is 5.76 Å². The lowest BCUT2D eigenvalue weighted by Gasteiger charge is -2.30. The molecule has 23 heavy (non-hydrogen) atoms. The molecule has 0 aromatic carbocycles. The second-order valence-electron chi connectivity index (χ2n) is 5.37. The van der Waals surface area contributed by atoms with Crippen molar-refractivity contribution in [3.63, 3.8) is 0 Å². The van der Waals surface area contributed by atoms with Crippen molar-refractivity contribution in [2.75, 3.05) is 26.7 Å². The van der Waals surface area contributed by atoms with Crippen LogP contribution < -0.4 is 10.6 Å². The smallest absolute Gasteiger partial charge is 0.409 e. The highest BCUT2D eigenvalue weighted by Crippen LogP contribution is 2.16. The van der Waals surface area contributed by atoms with Gasteiger partial charge in [-0.25, -0.2) is 4.79 Å². The number of carbonyl (C=O) groups is 3. The number of hydrogen-bond acceptors (Lipinski definition) is 5. The van der Waals surface area contributed by atoms with Gasteiger partial charge in [-0.1, -0.05) is 0 Å². The molecule has 8 heteroatoms. The SMILES string of the molecule is COC(=O)N1CCC(CNC(=O)C(=O)NCc2ccco2)CC1. The molecule has 0 saturated carbocycles. The van der Waals surface area contributed by atoms with Crippen LogP contribution in [0.3, 0.4) is 0 Å². The predicted molar refractivity (Wildman–Crippen MR) is 80.3 cm³/mol. The second kappa shape index (κ2) is 8.21. The van der Waals surface area contributed by atoms with E-state index in [2.05, 4.69) is 15.4 Å². The molecule has 0 aliphatic carbocycles. The Morgan fingerprint density at radius 2 is 1.96 bits per heavy atom. The van der Waals surface area contributed by atoms with Crippen molar-refractivity contribution in [2.24, 2.45) is 5.92 Å². The van der Waals surface area contributed by atoms with Crippen molar-refractivity contribution in [2.45, 2.75) is 19.4 Å². The van der Waals surface area contributed by atoms with Gasteiger partial charge in [-0.3, -0.25) is 9.59 Å². The zero-order chi connectivity index (χ0) is 16.7. The number of amides is 3.